The highest BCUT2D eigenvalue weighted by molar-refractivity contribution is 4.73. The molecule has 0 N–H and O–H groups in total. The van der Waals surface area contributed by atoms with Gasteiger partial charge in [-0.15, -0.1) is 0 Å². The van der Waals surface area contributed by atoms with Gasteiger partial charge in [0.1, 0.15) is 0 Å². The molecule has 1 heterocycles. The summed E-state index contributed by atoms with van der Waals surface area (Å²) >= 11 is 0. The quantitative estimate of drug-likeness (QED) is 0.602. The second-order valence-corrected chi connectivity index (χ2v) is 4.20. The second-order valence-electron chi connectivity index (χ2n) is 4.20. The molecule has 0 fully saturated rings. The van der Waals surface area contributed by atoms with E-state index < -0.39 is 0 Å². The van der Waals surface area contributed by atoms with Crippen LogP contribution in [0, 0.1) is 0 Å². The summed E-state index contributed by atoms with van der Waals surface area (Å²) in [6.07, 6.45) is 12.1. The van der Waals surface area contributed by atoms with Crippen LogP contribution in [0.15, 0.2) is 18.7 Å². The van der Waals surface area contributed by atoms with E-state index in [4.69, 9.17) is 4.74 Å². The highest BCUT2D eigenvalue weighted by Crippen LogP contribution is 2.09. The van der Waals surface area contributed by atoms with Gasteiger partial charge in [-0.3, -0.25) is 0 Å². The zero-order valence-electron chi connectivity index (χ0n) is 10.6. The van der Waals surface area contributed by atoms with E-state index in [2.05, 4.69) is 23.4 Å². The van der Waals surface area contributed by atoms with Gasteiger partial charge >= 0.3 is 0 Å². The van der Waals surface area contributed by atoms with Crippen LogP contribution in [0.1, 0.15) is 46.0 Å². The summed E-state index contributed by atoms with van der Waals surface area (Å²) < 4.78 is 7.95. The largest absolute Gasteiger partial charge is 0.378 e. The van der Waals surface area contributed by atoms with Crippen molar-refractivity contribution >= 4 is 0 Å². The Hall–Kier alpha value is -0.830. The summed E-state index contributed by atoms with van der Waals surface area (Å²) in [7, 11) is 0. The van der Waals surface area contributed by atoms with Crippen molar-refractivity contribution in [3.05, 3.63) is 18.7 Å². The van der Waals surface area contributed by atoms with Crippen LogP contribution >= 0.6 is 0 Å². The molecule has 3 heteroatoms. The number of ether oxygens (including phenoxy) is 1. The zero-order valence-corrected chi connectivity index (χ0v) is 10.6. The molecule has 1 aromatic heterocycles. The van der Waals surface area contributed by atoms with Gasteiger partial charge in [0.15, 0.2) is 0 Å². The monoisotopic (exact) mass is 224 g/mol. The number of hydrogen-bond donors (Lipinski definition) is 0. The van der Waals surface area contributed by atoms with Gasteiger partial charge in [0.25, 0.3) is 0 Å². The van der Waals surface area contributed by atoms with E-state index >= 15 is 0 Å². The van der Waals surface area contributed by atoms with Gasteiger partial charge in [0.05, 0.1) is 12.4 Å². The van der Waals surface area contributed by atoms with Crippen molar-refractivity contribution in [3.8, 4) is 0 Å². The summed E-state index contributed by atoms with van der Waals surface area (Å²) in [4.78, 5) is 4.01. The number of rotatable bonds is 9. The summed E-state index contributed by atoms with van der Waals surface area (Å²) in [5.41, 5.74) is 0. The van der Waals surface area contributed by atoms with Crippen LogP contribution in [-0.4, -0.2) is 22.3 Å². The van der Waals surface area contributed by atoms with Crippen molar-refractivity contribution < 1.29 is 4.74 Å². The molecule has 0 aromatic carbocycles. The van der Waals surface area contributed by atoms with E-state index in [9.17, 15) is 0 Å². The van der Waals surface area contributed by atoms with Gasteiger partial charge in [-0.25, -0.2) is 4.98 Å². The third kappa shape index (κ3) is 5.31. The van der Waals surface area contributed by atoms with Crippen molar-refractivity contribution in [3.63, 3.8) is 0 Å². The molecule has 0 radical (unpaired) electrons. The van der Waals surface area contributed by atoms with E-state index in [0.717, 1.165) is 26.0 Å². The lowest BCUT2D eigenvalue weighted by atomic mass is 10.1. The van der Waals surface area contributed by atoms with Crippen LogP contribution in [0.3, 0.4) is 0 Å². The van der Waals surface area contributed by atoms with E-state index in [1.807, 2.05) is 18.7 Å². The van der Waals surface area contributed by atoms with E-state index in [0.29, 0.717) is 6.10 Å². The molecule has 0 saturated heterocycles. The molecule has 0 amide bonds. The first kappa shape index (κ1) is 13.2. The number of imidazole rings is 1. The molecule has 1 unspecified atom stereocenters. The number of aromatic nitrogens is 2. The Morgan fingerprint density at radius 3 is 2.81 bits per heavy atom. The molecule has 0 saturated carbocycles. The topological polar surface area (TPSA) is 27.1 Å². The first-order chi connectivity index (χ1) is 7.86. The Labute approximate surface area is 98.8 Å². The molecule has 0 bridgehead atoms. The van der Waals surface area contributed by atoms with Gasteiger partial charge in [-0.05, 0) is 19.3 Å². The molecule has 1 atom stereocenters. The first-order valence-electron chi connectivity index (χ1n) is 6.44. The van der Waals surface area contributed by atoms with Crippen LogP contribution in [0.25, 0.3) is 0 Å². The van der Waals surface area contributed by atoms with Gasteiger partial charge < -0.3 is 9.30 Å². The average molecular weight is 224 g/mol. The van der Waals surface area contributed by atoms with Crippen LogP contribution in [-0.2, 0) is 11.3 Å². The van der Waals surface area contributed by atoms with E-state index in [1.54, 1.807) is 0 Å². The Kier molecular flexibility index (Phi) is 6.90. The standard InChI is InChI=1S/C13H24N2O/c1-3-5-7-13(4-2)16-11-6-9-15-10-8-14-12-15/h8,10,12-13H,3-7,9,11H2,1-2H3. The third-order valence-electron chi connectivity index (χ3n) is 2.81. The van der Waals surface area contributed by atoms with Crippen molar-refractivity contribution in [2.45, 2.75) is 58.6 Å². The molecule has 0 aliphatic carbocycles. The van der Waals surface area contributed by atoms with E-state index in [-0.39, 0.29) is 0 Å². The first-order valence-corrected chi connectivity index (χ1v) is 6.44. The summed E-state index contributed by atoms with van der Waals surface area (Å²) in [5, 5.41) is 0. The maximum absolute atomic E-state index is 5.86. The molecule has 1 aromatic rings. The number of nitrogens with zero attached hydrogens (tertiary/aromatic N) is 2. The molecule has 3 nitrogen and oxygen atoms in total. The van der Waals surface area contributed by atoms with Crippen molar-refractivity contribution in [1.29, 1.82) is 0 Å². The highest BCUT2D eigenvalue weighted by atomic mass is 16.5. The average Bonchev–Trinajstić information content (AvgIpc) is 2.81. The van der Waals surface area contributed by atoms with Gasteiger partial charge in [-0.2, -0.15) is 0 Å². The van der Waals surface area contributed by atoms with Crippen molar-refractivity contribution in [1.82, 2.24) is 9.55 Å². The second kappa shape index (κ2) is 8.34. The summed E-state index contributed by atoms with van der Waals surface area (Å²) in [6, 6.07) is 0. The SMILES string of the molecule is CCCCC(CC)OCCCn1ccnc1. The lowest BCUT2D eigenvalue weighted by Gasteiger charge is -2.15. The molecule has 1 rings (SSSR count). The predicted molar refractivity (Wildman–Crippen MR) is 66.4 cm³/mol. The predicted octanol–water partition coefficient (Wildman–Crippen LogP) is 3.26. The van der Waals surface area contributed by atoms with Gasteiger partial charge in [0, 0.05) is 25.5 Å². The summed E-state index contributed by atoms with van der Waals surface area (Å²) in [6.45, 7) is 6.30. The van der Waals surface area contributed by atoms with Crippen molar-refractivity contribution in [2.24, 2.45) is 0 Å². The maximum atomic E-state index is 5.86. The molecule has 92 valence electrons. The lowest BCUT2D eigenvalue weighted by molar-refractivity contribution is 0.0403. The lowest BCUT2D eigenvalue weighted by Crippen LogP contribution is -2.13. The highest BCUT2D eigenvalue weighted by Gasteiger charge is 2.04. The molecule has 0 aliphatic rings. The number of unbranched alkanes of at least 4 members (excludes halogenated alkanes) is 1. The minimum absolute atomic E-state index is 0.461. The van der Waals surface area contributed by atoms with Gasteiger partial charge in [-0.1, -0.05) is 26.7 Å². The fourth-order valence-electron chi connectivity index (χ4n) is 1.75. The van der Waals surface area contributed by atoms with Gasteiger partial charge in [0.2, 0.25) is 0 Å². The fourth-order valence-corrected chi connectivity index (χ4v) is 1.75. The maximum Gasteiger partial charge on any atom is 0.0945 e. The minimum atomic E-state index is 0.461. The van der Waals surface area contributed by atoms with Crippen LogP contribution in [0.2, 0.25) is 0 Å². The third-order valence-corrected chi connectivity index (χ3v) is 2.81. The van der Waals surface area contributed by atoms with E-state index in [1.165, 1.54) is 19.3 Å². The molecule has 0 spiro atoms. The fraction of sp³-hybridized carbons (Fsp3) is 0.769. The number of hydrogen-bond acceptors (Lipinski definition) is 2. The minimum Gasteiger partial charge on any atom is -0.378 e. The zero-order chi connectivity index (χ0) is 11.6. The normalized spacial score (nSPS) is 12.9. The Morgan fingerprint density at radius 2 is 2.19 bits per heavy atom. The summed E-state index contributed by atoms with van der Waals surface area (Å²) in [5.74, 6) is 0. The number of aryl methyl sites for hydroxylation is 1. The Morgan fingerprint density at radius 1 is 1.31 bits per heavy atom. The van der Waals surface area contributed by atoms with Crippen LogP contribution in [0.4, 0.5) is 0 Å². The molecular formula is C13H24N2O. The smallest absolute Gasteiger partial charge is 0.0945 e. The van der Waals surface area contributed by atoms with Crippen LogP contribution < -0.4 is 0 Å². The molecular weight excluding hydrogens is 200 g/mol. The van der Waals surface area contributed by atoms with Crippen LogP contribution in [0.5, 0.6) is 0 Å². The Balaban J connectivity index is 2.04. The van der Waals surface area contributed by atoms with Crippen molar-refractivity contribution in [2.75, 3.05) is 6.61 Å². The Bertz CT molecular complexity index is 246. The molecule has 16 heavy (non-hydrogen) atoms. The molecule has 0 aliphatic heterocycles.